The van der Waals surface area contributed by atoms with E-state index >= 15 is 0 Å². The minimum absolute atomic E-state index is 0.0703. The van der Waals surface area contributed by atoms with Crippen molar-refractivity contribution >= 4 is 22.7 Å². The van der Waals surface area contributed by atoms with Gasteiger partial charge in [-0.1, -0.05) is 0 Å². The standard InChI is InChI=1S/C13H24N4O5/c1-17(6-2-7(14)11(16)8(15)3-6)4-9(19)12(21)13(22)10(20)5-18/h2-3,9-10,12-13,18-22H,4-5,14-16H2,1H3. The lowest BCUT2D eigenvalue weighted by Gasteiger charge is -2.29. The Morgan fingerprint density at radius 1 is 0.955 bits per heavy atom. The average molecular weight is 316 g/mol. The highest BCUT2D eigenvalue weighted by Crippen LogP contribution is 2.29. The Hall–Kier alpha value is -1.78. The second kappa shape index (κ2) is 7.47. The van der Waals surface area contributed by atoms with E-state index in [9.17, 15) is 20.4 Å². The Kier molecular flexibility index (Phi) is 6.21. The number of nitrogens with two attached hydrogens (primary N) is 3. The van der Waals surface area contributed by atoms with Gasteiger partial charge in [0.05, 0.1) is 29.8 Å². The van der Waals surface area contributed by atoms with Crippen molar-refractivity contribution in [2.75, 3.05) is 42.3 Å². The molecule has 4 atom stereocenters. The number of nitrogens with zero attached hydrogens (tertiary/aromatic N) is 1. The molecule has 0 fully saturated rings. The van der Waals surface area contributed by atoms with Crippen LogP contribution >= 0.6 is 0 Å². The zero-order valence-corrected chi connectivity index (χ0v) is 12.3. The topological polar surface area (TPSA) is 182 Å². The number of anilines is 4. The third-order valence-corrected chi connectivity index (χ3v) is 3.46. The Labute approximate surface area is 128 Å². The molecule has 11 N–H and O–H groups in total. The largest absolute Gasteiger partial charge is 0.397 e. The van der Waals surface area contributed by atoms with E-state index in [4.69, 9.17) is 22.3 Å². The number of likely N-dealkylation sites (N-methyl/N-ethyl adjacent to an activating group) is 1. The fourth-order valence-corrected chi connectivity index (χ4v) is 1.96. The molecule has 0 aliphatic carbocycles. The molecule has 22 heavy (non-hydrogen) atoms. The molecule has 0 amide bonds. The number of hydrogen-bond acceptors (Lipinski definition) is 9. The molecule has 1 aromatic rings. The predicted octanol–water partition coefficient (Wildman–Crippen LogP) is -2.69. The molecule has 4 unspecified atom stereocenters. The van der Waals surface area contributed by atoms with Crippen LogP contribution in [-0.2, 0) is 0 Å². The summed E-state index contributed by atoms with van der Waals surface area (Å²) in [6.07, 6.45) is -6.22. The summed E-state index contributed by atoms with van der Waals surface area (Å²) >= 11 is 0. The van der Waals surface area contributed by atoms with Crippen LogP contribution in [0.4, 0.5) is 22.7 Å². The van der Waals surface area contributed by atoms with E-state index in [2.05, 4.69) is 0 Å². The summed E-state index contributed by atoms with van der Waals surface area (Å²) in [6, 6.07) is 3.12. The molecule has 9 heteroatoms. The van der Waals surface area contributed by atoms with Gasteiger partial charge in [-0.25, -0.2) is 0 Å². The monoisotopic (exact) mass is 316 g/mol. The lowest BCUT2D eigenvalue weighted by Crippen LogP contribution is -2.49. The Morgan fingerprint density at radius 2 is 1.41 bits per heavy atom. The predicted molar refractivity (Wildman–Crippen MR) is 84.1 cm³/mol. The van der Waals surface area contributed by atoms with Crippen LogP contribution in [0, 0.1) is 0 Å². The second-order valence-corrected chi connectivity index (χ2v) is 5.22. The quantitative estimate of drug-likeness (QED) is 0.248. The first-order valence-corrected chi connectivity index (χ1v) is 6.67. The summed E-state index contributed by atoms with van der Waals surface area (Å²) in [4.78, 5) is 1.55. The van der Waals surface area contributed by atoms with Crippen LogP contribution in [0.25, 0.3) is 0 Å². The van der Waals surface area contributed by atoms with Crippen LogP contribution in [0.3, 0.4) is 0 Å². The molecule has 0 aliphatic rings. The van der Waals surface area contributed by atoms with Crippen LogP contribution in [-0.4, -0.2) is 70.1 Å². The molecule has 126 valence electrons. The molecule has 1 aromatic carbocycles. The normalized spacial score (nSPS) is 16.8. The third-order valence-electron chi connectivity index (χ3n) is 3.46. The molecular weight excluding hydrogens is 292 g/mol. The van der Waals surface area contributed by atoms with Crippen LogP contribution in [0.5, 0.6) is 0 Å². The molecule has 0 aromatic heterocycles. The first-order valence-electron chi connectivity index (χ1n) is 6.67. The van der Waals surface area contributed by atoms with Gasteiger partial charge in [0.2, 0.25) is 0 Å². The summed E-state index contributed by atoms with van der Waals surface area (Å²) in [5, 5.41) is 47.3. The van der Waals surface area contributed by atoms with E-state index in [0.29, 0.717) is 5.69 Å². The molecule has 0 bridgehead atoms. The van der Waals surface area contributed by atoms with Crippen LogP contribution < -0.4 is 22.1 Å². The number of hydrogen-bond donors (Lipinski definition) is 8. The summed E-state index contributed by atoms with van der Waals surface area (Å²) in [6.45, 7) is -0.801. The molecule has 0 saturated heterocycles. The number of rotatable bonds is 7. The van der Waals surface area contributed by atoms with Crippen LogP contribution in [0.1, 0.15) is 0 Å². The maximum absolute atomic E-state index is 9.93. The van der Waals surface area contributed by atoms with E-state index in [1.807, 2.05) is 0 Å². The summed E-state index contributed by atoms with van der Waals surface area (Å²) < 4.78 is 0. The Balaban J connectivity index is 2.77. The zero-order valence-electron chi connectivity index (χ0n) is 12.3. The highest BCUT2D eigenvalue weighted by atomic mass is 16.4. The van der Waals surface area contributed by atoms with Gasteiger partial charge >= 0.3 is 0 Å². The van der Waals surface area contributed by atoms with E-state index in [0.717, 1.165) is 0 Å². The number of aliphatic hydroxyl groups excluding tert-OH is 5. The van der Waals surface area contributed by atoms with Gasteiger partial charge in [-0.3, -0.25) is 0 Å². The highest BCUT2D eigenvalue weighted by molar-refractivity contribution is 5.82. The van der Waals surface area contributed by atoms with E-state index in [1.165, 1.54) is 0 Å². The van der Waals surface area contributed by atoms with E-state index < -0.39 is 31.0 Å². The van der Waals surface area contributed by atoms with Crippen molar-refractivity contribution in [2.45, 2.75) is 24.4 Å². The molecule has 0 heterocycles. The minimum atomic E-state index is -1.67. The maximum atomic E-state index is 9.93. The van der Waals surface area contributed by atoms with Gasteiger partial charge in [0, 0.05) is 19.3 Å². The second-order valence-electron chi connectivity index (χ2n) is 5.22. The van der Waals surface area contributed by atoms with Gasteiger partial charge in [0.25, 0.3) is 0 Å². The van der Waals surface area contributed by atoms with Gasteiger partial charge in [0.1, 0.15) is 18.3 Å². The van der Waals surface area contributed by atoms with Crippen molar-refractivity contribution in [1.29, 1.82) is 0 Å². The summed E-state index contributed by atoms with van der Waals surface area (Å²) in [5.74, 6) is 0. The van der Waals surface area contributed by atoms with Gasteiger partial charge in [-0.05, 0) is 12.1 Å². The minimum Gasteiger partial charge on any atom is -0.397 e. The Bertz CT molecular complexity index is 478. The van der Waals surface area contributed by atoms with E-state index in [-0.39, 0.29) is 23.6 Å². The molecule has 0 saturated carbocycles. The Morgan fingerprint density at radius 3 is 1.86 bits per heavy atom. The smallest absolute Gasteiger partial charge is 0.111 e. The molecule has 9 nitrogen and oxygen atoms in total. The van der Waals surface area contributed by atoms with Crippen LogP contribution in [0.15, 0.2) is 12.1 Å². The van der Waals surface area contributed by atoms with Crippen molar-refractivity contribution < 1.29 is 25.5 Å². The van der Waals surface area contributed by atoms with Crippen molar-refractivity contribution in [2.24, 2.45) is 0 Å². The number of nitrogen functional groups attached to an aromatic ring is 3. The summed E-state index contributed by atoms with van der Waals surface area (Å²) in [5.41, 5.74) is 18.5. The molecule has 0 radical (unpaired) electrons. The van der Waals surface area contributed by atoms with Gasteiger partial charge < -0.3 is 47.6 Å². The van der Waals surface area contributed by atoms with Gasteiger partial charge in [-0.15, -0.1) is 0 Å². The molecule has 0 spiro atoms. The molecule has 1 rings (SSSR count). The van der Waals surface area contributed by atoms with Crippen molar-refractivity contribution in [3.8, 4) is 0 Å². The fraction of sp³-hybridized carbons (Fsp3) is 0.538. The summed E-state index contributed by atoms with van der Waals surface area (Å²) in [7, 11) is 1.62. The SMILES string of the molecule is CN(CC(O)C(O)C(O)C(O)CO)c1cc(N)c(N)c(N)c1. The number of aliphatic hydroxyl groups is 5. The van der Waals surface area contributed by atoms with Gasteiger partial charge in [-0.2, -0.15) is 0 Å². The first kappa shape index (κ1) is 18.3. The highest BCUT2D eigenvalue weighted by Gasteiger charge is 2.30. The van der Waals surface area contributed by atoms with Gasteiger partial charge in [0.15, 0.2) is 0 Å². The lowest BCUT2D eigenvalue weighted by molar-refractivity contribution is -0.112. The van der Waals surface area contributed by atoms with E-state index in [1.54, 1.807) is 24.1 Å². The molecule has 0 aliphatic heterocycles. The average Bonchev–Trinajstić information content (AvgIpc) is 2.49. The lowest BCUT2D eigenvalue weighted by atomic mass is 10.0. The zero-order chi connectivity index (χ0) is 17.0. The first-order chi connectivity index (χ1) is 10.2. The third kappa shape index (κ3) is 4.12. The van der Waals surface area contributed by atoms with Crippen molar-refractivity contribution in [3.05, 3.63) is 12.1 Å². The van der Waals surface area contributed by atoms with Crippen molar-refractivity contribution in [1.82, 2.24) is 0 Å². The van der Waals surface area contributed by atoms with Crippen LogP contribution in [0.2, 0.25) is 0 Å². The number of benzene rings is 1. The maximum Gasteiger partial charge on any atom is 0.111 e. The fourth-order valence-electron chi connectivity index (χ4n) is 1.96. The molecular formula is C13H24N4O5. The van der Waals surface area contributed by atoms with Crippen molar-refractivity contribution in [3.63, 3.8) is 0 Å².